The number of halogens is 2. The van der Waals surface area contributed by atoms with E-state index in [9.17, 15) is 18.8 Å². The zero-order valence-electron chi connectivity index (χ0n) is 18.8. The molecule has 2 aliphatic heterocycles. The number of carbonyl (C=O) groups is 3. The Morgan fingerprint density at radius 1 is 0.971 bits per heavy atom. The number of likely N-dealkylation sites (tertiary alicyclic amines) is 1. The van der Waals surface area contributed by atoms with Gasteiger partial charge >= 0.3 is 5.97 Å². The molecule has 0 radical (unpaired) electrons. The third-order valence-corrected chi connectivity index (χ3v) is 6.51. The van der Waals surface area contributed by atoms with Gasteiger partial charge in [-0.05, 0) is 55.3 Å². The largest absolute Gasteiger partial charge is 0.455 e. The average molecular weight is 488 g/mol. The van der Waals surface area contributed by atoms with Gasteiger partial charge in [-0.2, -0.15) is 0 Å². The summed E-state index contributed by atoms with van der Waals surface area (Å²) in [5.74, 6) is -1.83. The number of hydrogen-bond donors (Lipinski definition) is 0. The van der Waals surface area contributed by atoms with E-state index < -0.39 is 17.7 Å². The quantitative estimate of drug-likeness (QED) is 0.606. The second-order valence-electron chi connectivity index (χ2n) is 8.55. The van der Waals surface area contributed by atoms with Crippen LogP contribution in [0.5, 0.6) is 0 Å². The highest BCUT2D eigenvalue weighted by atomic mass is 35.5. The molecule has 0 bridgehead atoms. The van der Waals surface area contributed by atoms with Gasteiger partial charge in [-0.1, -0.05) is 17.7 Å². The number of hydrogen-bond acceptors (Lipinski definition) is 5. The van der Waals surface area contributed by atoms with Crippen LogP contribution in [0.2, 0.25) is 5.02 Å². The lowest BCUT2D eigenvalue weighted by atomic mass is 9.97. The van der Waals surface area contributed by atoms with Crippen molar-refractivity contribution in [3.8, 4) is 0 Å². The fraction of sp³-hybridized carbons (Fsp3) is 0.400. The second-order valence-corrected chi connectivity index (χ2v) is 8.99. The molecule has 2 amide bonds. The molecule has 2 aromatic rings. The normalized spacial score (nSPS) is 18.5. The zero-order valence-corrected chi connectivity index (χ0v) is 19.5. The van der Waals surface area contributed by atoms with Crippen LogP contribution < -0.4 is 4.90 Å². The second kappa shape index (κ2) is 10.9. The molecule has 0 N–H and O–H groups in total. The van der Waals surface area contributed by atoms with E-state index in [1.54, 1.807) is 9.80 Å². The molecule has 180 valence electrons. The first-order valence-corrected chi connectivity index (χ1v) is 11.8. The lowest BCUT2D eigenvalue weighted by Gasteiger charge is -2.36. The van der Waals surface area contributed by atoms with Gasteiger partial charge in [0.1, 0.15) is 5.82 Å². The van der Waals surface area contributed by atoms with Crippen molar-refractivity contribution in [2.45, 2.75) is 12.8 Å². The van der Waals surface area contributed by atoms with Crippen LogP contribution in [0.3, 0.4) is 0 Å². The smallest absolute Gasteiger partial charge is 0.311 e. The minimum Gasteiger partial charge on any atom is -0.455 e. The number of piperazine rings is 1. The van der Waals surface area contributed by atoms with Gasteiger partial charge < -0.3 is 19.4 Å². The van der Waals surface area contributed by atoms with Gasteiger partial charge in [-0.3, -0.25) is 14.4 Å². The lowest BCUT2D eigenvalue weighted by Crippen LogP contribution is -2.50. The molecule has 0 aromatic heterocycles. The van der Waals surface area contributed by atoms with Gasteiger partial charge in [-0.25, -0.2) is 4.39 Å². The van der Waals surface area contributed by atoms with Crippen LogP contribution in [0.1, 0.15) is 23.2 Å². The van der Waals surface area contributed by atoms with E-state index in [2.05, 4.69) is 4.90 Å². The number of carbonyl (C=O) groups excluding carboxylic acids is 3. The Hall–Kier alpha value is -3.13. The zero-order chi connectivity index (χ0) is 24.1. The maximum atomic E-state index is 13.1. The SMILES string of the molecule is O=C(OCC(=O)N1CCN(c2cccc(Cl)c2)CC1)C1CCCN(C(=O)c2ccc(F)cc2)C1. The maximum Gasteiger partial charge on any atom is 0.311 e. The Morgan fingerprint density at radius 3 is 2.41 bits per heavy atom. The van der Waals surface area contributed by atoms with E-state index in [0.717, 1.165) is 5.69 Å². The number of esters is 1. The minimum atomic E-state index is -0.481. The summed E-state index contributed by atoms with van der Waals surface area (Å²) in [7, 11) is 0. The van der Waals surface area contributed by atoms with Crippen molar-refractivity contribution in [2.24, 2.45) is 5.92 Å². The van der Waals surface area contributed by atoms with E-state index in [4.69, 9.17) is 16.3 Å². The molecule has 0 saturated carbocycles. The number of anilines is 1. The van der Waals surface area contributed by atoms with Crippen LogP contribution >= 0.6 is 11.6 Å². The first-order chi connectivity index (χ1) is 16.4. The molecular weight excluding hydrogens is 461 g/mol. The highest BCUT2D eigenvalue weighted by molar-refractivity contribution is 6.30. The Labute approximate surface area is 203 Å². The highest BCUT2D eigenvalue weighted by Gasteiger charge is 2.31. The monoisotopic (exact) mass is 487 g/mol. The molecule has 0 aliphatic carbocycles. The summed E-state index contributed by atoms with van der Waals surface area (Å²) in [4.78, 5) is 43.3. The molecule has 2 fully saturated rings. The average Bonchev–Trinajstić information content (AvgIpc) is 2.87. The third kappa shape index (κ3) is 5.86. The number of nitrogens with zero attached hydrogens (tertiary/aromatic N) is 3. The minimum absolute atomic E-state index is 0.224. The fourth-order valence-corrected chi connectivity index (χ4v) is 4.54. The van der Waals surface area contributed by atoms with Gasteiger partial charge in [0.15, 0.2) is 6.61 Å². The molecule has 2 aliphatic rings. The van der Waals surface area contributed by atoms with Crippen LogP contribution in [0, 0.1) is 11.7 Å². The van der Waals surface area contributed by atoms with Crippen molar-refractivity contribution in [3.05, 3.63) is 64.9 Å². The van der Waals surface area contributed by atoms with Crippen molar-refractivity contribution in [3.63, 3.8) is 0 Å². The van der Waals surface area contributed by atoms with E-state index in [-0.39, 0.29) is 25.0 Å². The molecule has 2 saturated heterocycles. The molecule has 34 heavy (non-hydrogen) atoms. The predicted octanol–water partition coefficient (Wildman–Crippen LogP) is 3.22. The summed E-state index contributed by atoms with van der Waals surface area (Å²) >= 11 is 6.07. The third-order valence-electron chi connectivity index (χ3n) is 6.28. The van der Waals surface area contributed by atoms with Crippen LogP contribution in [0.15, 0.2) is 48.5 Å². The molecular formula is C25H27ClFN3O4. The molecule has 7 nitrogen and oxygen atoms in total. The van der Waals surface area contributed by atoms with Crippen molar-refractivity contribution in [1.29, 1.82) is 0 Å². The Morgan fingerprint density at radius 2 is 1.71 bits per heavy atom. The Bertz CT molecular complexity index is 1040. The summed E-state index contributed by atoms with van der Waals surface area (Å²) in [5.41, 5.74) is 1.39. The number of rotatable bonds is 5. The molecule has 4 rings (SSSR count). The van der Waals surface area contributed by atoms with E-state index >= 15 is 0 Å². The van der Waals surface area contributed by atoms with Crippen LogP contribution in [0.25, 0.3) is 0 Å². The first-order valence-electron chi connectivity index (χ1n) is 11.4. The van der Waals surface area contributed by atoms with Crippen molar-refractivity contribution >= 4 is 35.1 Å². The van der Waals surface area contributed by atoms with Crippen LogP contribution in [0.4, 0.5) is 10.1 Å². The number of amides is 2. The van der Waals surface area contributed by atoms with E-state index in [1.807, 2.05) is 24.3 Å². The molecule has 2 aromatic carbocycles. The van der Waals surface area contributed by atoms with E-state index in [1.165, 1.54) is 24.3 Å². The number of benzene rings is 2. The Kier molecular flexibility index (Phi) is 7.67. The van der Waals surface area contributed by atoms with Crippen LogP contribution in [-0.2, 0) is 14.3 Å². The number of piperidine rings is 1. The van der Waals surface area contributed by atoms with Crippen molar-refractivity contribution < 1.29 is 23.5 Å². The van der Waals surface area contributed by atoms with Gasteiger partial charge in [0, 0.05) is 55.5 Å². The van der Waals surface area contributed by atoms with Gasteiger partial charge in [0.25, 0.3) is 11.8 Å². The van der Waals surface area contributed by atoms with E-state index in [0.29, 0.717) is 56.2 Å². The molecule has 1 unspecified atom stereocenters. The van der Waals surface area contributed by atoms with Gasteiger partial charge in [-0.15, -0.1) is 0 Å². The molecule has 9 heteroatoms. The lowest BCUT2D eigenvalue weighted by molar-refractivity contribution is -0.156. The van der Waals surface area contributed by atoms with Gasteiger partial charge in [0.05, 0.1) is 5.92 Å². The molecule has 1 atom stereocenters. The Balaban J connectivity index is 1.23. The summed E-state index contributed by atoms with van der Waals surface area (Å²) < 4.78 is 18.5. The van der Waals surface area contributed by atoms with Gasteiger partial charge in [0.2, 0.25) is 0 Å². The van der Waals surface area contributed by atoms with Crippen molar-refractivity contribution in [2.75, 3.05) is 50.8 Å². The van der Waals surface area contributed by atoms with Crippen LogP contribution in [-0.4, -0.2) is 73.5 Å². The topological polar surface area (TPSA) is 70.2 Å². The summed E-state index contributed by atoms with van der Waals surface area (Å²) in [6.07, 6.45) is 1.25. The molecule has 0 spiro atoms. The maximum absolute atomic E-state index is 13.1. The highest BCUT2D eigenvalue weighted by Crippen LogP contribution is 2.22. The summed E-state index contributed by atoms with van der Waals surface area (Å²) in [5, 5.41) is 0.670. The predicted molar refractivity (Wildman–Crippen MR) is 126 cm³/mol. The fourth-order valence-electron chi connectivity index (χ4n) is 4.36. The first kappa shape index (κ1) is 24.0. The summed E-state index contributed by atoms with van der Waals surface area (Å²) in [6.45, 7) is 2.85. The molecule has 2 heterocycles. The summed E-state index contributed by atoms with van der Waals surface area (Å²) in [6, 6.07) is 13.0. The standard InChI is InChI=1S/C25H27ClFN3O4/c26-20-4-1-5-22(15-20)28-11-13-29(14-12-28)23(31)17-34-25(33)19-3-2-10-30(16-19)24(32)18-6-8-21(27)9-7-18/h1,4-9,15,19H,2-3,10-14,16-17H2. The van der Waals surface area contributed by atoms with Crippen molar-refractivity contribution in [1.82, 2.24) is 9.80 Å². The number of ether oxygens (including phenoxy) is 1.